The molecule has 1 aromatic carbocycles. The highest BCUT2D eigenvalue weighted by atomic mass is 16.5. The Morgan fingerprint density at radius 2 is 1.92 bits per heavy atom. The fourth-order valence-electron chi connectivity index (χ4n) is 3.09. The summed E-state index contributed by atoms with van der Waals surface area (Å²) >= 11 is 0. The average molecular weight is 355 g/mol. The third kappa shape index (κ3) is 4.73. The number of nitrogens with one attached hydrogen (secondary N) is 1. The summed E-state index contributed by atoms with van der Waals surface area (Å²) in [5, 5.41) is 9.47. The second-order valence-corrected chi connectivity index (χ2v) is 6.67. The zero-order valence-electron chi connectivity index (χ0n) is 15.2. The topological polar surface area (TPSA) is 76.0 Å². The largest absolute Gasteiger partial charge is 0.497 e. The molecule has 3 rings (SSSR count). The molecule has 1 aliphatic rings. The van der Waals surface area contributed by atoms with E-state index in [1.54, 1.807) is 25.4 Å². The lowest BCUT2D eigenvalue weighted by Crippen LogP contribution is -2.25. The summed E-state index contributed by atoms with van der Waals surface area (Å²) < 4.78 is 10.9. The van der Waals surface area contributed by atoms with E-state index in [0.717, 1.165) is 30.1 Å². The zero-order chi connectivity index (χ0) is 18.4. The van der Waals surface area contributed by atoms with E-state index in [9.17, 15) is 5.21 Å². The van der Waals surface area contributed by atoms with Gasteiger partial charge in [-0.05, 0) is 49.8 Å². The van der Waals surface area contributed by atoms with E-state index in [1.165, 1.54) is 12.8 Å². The van der Waals surface area contributed by atoms with Crippen LogP contribution in [0.2, 0.25) is 0 Å². The molecular formula is C20H25N3O3. The summed E-state index contributed by atoms with van der Waals surface area (Å²) in [4.78, 5) is 8.96. The van der Waals surface area contributed by atoms with Gasteiger partial charge in [0.15, 0.2) is 5.84 Å². The van der Waals surface area contributed by atoms with Crippen LogP contribution in [-0.4, -0.2) is 29.2 Å². The summed E-state index contributed by atoms with van der Waals surface area (Å²) in [5.41, 5.74) is 2.94. The van der Waals surface area contributed by atoms with Crippen molar-refractivity contribution in [2.75, 3.05) is 7.11 Å². The minimum atomic E-state index is 0.244. The van der Waals surface area contributed by atoms with Crippen LogP contribution < -0.4 is 15.0 Å². The van der Waals surface area contributed by atoms with Crippen LogP contribution in [0.4, 0.5) is 0 Å². The Balaban J connectivity index is 1.69. The lowest BCUT2D eigenvalue weighted by atomic mass is 9.88. The van der Waals surface area contributed by atoms with E-state index in [-0.39, 0.29) is 6.04 Å². The molecule has 1 fully saturated rings. The van der Waals surface area contributed by atoms with Gasteiger partial charge in [0.05, 0.1) is 13.2 Å². The Labute approximate surface area is 153 Å². The van der Waals surface area contributed by atoms with Gasteiger partial charge in [-0.2, -0.15) is 0 Å². The number of benzene rings is 1. The molecule has 1 aliphatic carbocycles. The van der Waals surface area contributed by atoms with Gasteiger partial charge in [-0.1, -0.05) is 13.0 Å². The van der Waals surface area contributed by atoms with Crippen molar-refractivity contribution in [3.63, 3.8) is 0 Å². The molecule has 0 bridgehead atoms. The quantitative estimate of drug-likeness (QED) is 0.478. The maximum absolute atomic E-state index is 9.47. The van der Waals surface area contributed by atoms with Crippen molar-refractivity contribution in [2.24, 2.45) is 10.9 Å². The van der Waals surface area contributed by atoms with E-state index in [1.807, 2.05) is 24.3 Å². The average Bonchev–Trinajstić information content (AvgIpc) is 2.68. The zero-order valence-corrected chi connectivity index (χ0v) is 15.2. The van der Waals surface area contributed by atoms with Crippen molar-refractivity contribution in [1.82, 2.24) is 10.5 Å². The molecule has 2 aromatic rings. The number of pyridine rings is 1. The van der Waals surface area contributed by atoms with Crippen LogP contribution in [0.1, 0.15) is 38.2 Å². The third-order valence-electron chi connectivity index (χ3n) is 4.68. The number of rotatable bonds is 5. The summed E-state index contributed by atoms with van der Waals surface area (Å²) in [6, 6.07) is 11.2. The highest BCUT2D eigenvalue weighted by molar-refractivity contribution is 5.97. The first-order chi connectivity index (χ1) is 12.7. The van der Waals surface area contributed by atoms with Gasteiger partial charge in [-0.3, -0.25) is 15.7 Å². The minimum absolute atomic E-state index is 0.244. The molecule has 1 heterocycles. The first-order valence-electron chi connectivity index (χ1n) is 8.94. The van der Waals surface area contributed by atoms with Gasteiger partial charge >= 0.3 is 0 Å². The molecule has 138 valence electrons. The molecule has 0 saturated heterocycles. The smallest absolute Gasteiger partial charge is 0.219 e. The van der Waals surface area contributed by atoms with E-state index in [0.29, 0.717) is 17.5 Å². The molecule has 6 nitrogen and oxygen atoms in total. The normalized spacial score (nSPS) is 20.5. The third-order valence-corrected chi connectivity index (χ3v) is 4.68. The summed E-state index contributed by atoms with van der Waals surface area (Å²) in [6.45, 7) is 2.27. The Morgan fingerprint density at radius 1 is 1.15 bits per heavy atom. The van der Waals surface area contributed by atoms with Crippen molar-refractivity contribution in [3.8, 4) is 17.4 Å². The monoisotopic (exact) mass is 355 g/mol. The molecule has 0 amide bonds. The first kappa shape index (κ1) is 18.2. The van der Waals surface area contributed by atoms with Crippen LogP contribution in [0.5, 0.6) is 17.4 Å². The number of hydrogen-bond donors (Lipinski definition) is 2. The first-order valence-corrected chi connectivity index (χ1v) is 8.94. The Hall–Kier alpha value is -2.60. The fourth-order valence-corrected chi connectivity index (χ4v) is 3.09. The fraction of sp³-hybridized carbons (Fsp3) is 0.400. The molecule has 6 heteroatoms. The van der Waals surface area contributed by atoms with Crippen LogP contribution in [-0.2, 0) is 0 Å². The Morgan fingerprint density at radius 3 is 2.58 bits per heavy atom. The van der Waals surface area contributed by atoms with Crippen molar-refractivity contribution in [2.45, 2.75) is 38.6 Å². The molecule has 0 atom stereocenters. The van der Waals surface area contributed by atoms with Crippen LogP contribution in [0, 0.1) is 5.92 Å². The van der Waals surface area contributed by atoms with Gasteiger partial charge in [-0.25, -0.2) is 4.98 Å². The second-order valence-electron chi connectivity index (χ2n) is 6.67. The molecule has 0 unspecified atom stereocenters. The van der Waals surface area contributed by atoms with Crippen LogP contribution in [0.25, 0.3) is 0 Å². The number of hydrogen-bond acceptors (Lipinski definition) is 5. The number of hydroxylamine groups is 1. The van der Waals surface area contributed by atoms with Crippen molar-refractivity contribution >= 4 is 5.84 Å². The number of nitrogens with zero attached hydrogens (tertiary/aromatic N) is 2. The number of aliphatic imine (C=N–C) groups is 1. The number of ether oxygens (including phenoxy) is 2. The molecule has 26 heavy (non-hydrogen) atoms. The SMILES string of the molecule is COc1cccc(Oc2ccc(C(=NC3CCC(C)CC3)NO)cn2)c1. The van der Waals surface area contributed by atoms with Crippen molar-refractivity contribution < 1.29 is 14.7 Å². The minimum Gasteiger partial charge on any atom is -0.497 e. The summed E-state index contributed by atoms with van der Waals surface area (Å²) in [6.07, 6.45) is 6.10. The van der Waals surface area contributed by atoms with Gasteiger partial charge in [0.2, 0.25) is 5.88 Å². The molecule has 0 aliphatic heterocycles. The molecule has 1 aromatic heterocycles. The van der Waals surface area contributed by atoms with Crippen LogP contribution in [0.3, 0.4) is 0 Å². The molecule has 1 saturated carbocycles. The molecule has 0 spiro atoms. The highest BCUT2D eigenvalue weighted by Gasteiger charge is 2.18. The Kier molecular flexibility index (Phi) is 6.07. The lowest BCUT2D eigenvalue weighted by Gasteiger charge is -2.23. The predicted octanol–water partition coefficient (Wildman–Crippen LogP) is 4.19. The molecule has 0 radical (unpaired) electrons. The molecular weight excluding hydrogens is 330 g/mol. The number of methoxy groups -OCH3 is 1. The van der Waals surface area contributed by atoms with Gasteiger partial charge < -0.3 is 9.47 Å². The maximum Gasteiger partial charge on any atom is 0.219 e. The van der Waals surface area contributed by atoms with E-state index in [4.69, 9.17) is 9.47 Å². The van der Waals surface area contributed by atoms with Gasteiger partial charge in [0, 0.05) is 23.9 Å². The van der Waals surface area contributed by atoms with Crippen molar-refractivity contribution in [1.29, 1.82) is 0 Å². The molecule has 2 N–H and O–H groups in total. The number of amidine groups is 1. The van der Waals surface area contributed by atoms with E-state index >= 15 is 0 Å². The van der Waals surface area contributed by atoms with E-state index in [2.05, 4.69) is 22.4 Å². The van der Waals surface area contributed by atoms with Crippen LogP contribution in [0.15, 0.2) is 47.6 Å². The standard InChI is InChI=1S/C20H25N3O3/c1-14-6-9-16(10-7-14)22-20(23-24)15-8-11-19(21-13-15)26-18-5-3-4-17(12-18)25-2/h3-5,8,11-14,16,24H,6-7,9-10H2,1-2H3,(H,22,23). The van der Waals surface area contributed by atoms with E-state index < -0.39 is 0 Å². The Bertz CT molecular complexity index is 738. The predicted molar refractivity (Wildman–Crippen MR) is 100 cm³/mol. The number of aromatic nitrogens is 1. The van der Waals surface area contributed by atoms with Gasteiger partial charge in [0.1, 0.15) is 11.5 Å². The second kappa shape index (κ2) is 8.67. The van der Waals surface area contributed by atoms with Crippen LogP contribution >= 0.6 is 0 Å². The maximum atomic E-state index is 9.47. The highest BCUT2D eigenvalue weighted by Crippen LogP contribution is 2.26. The lowest BCUT2D eigenvalue weighted by molar-refractivity contribution is 0.233. The summed E-state index contributed by atoms with van der Waals surface area (Å²) in [5.74, 6) is 3.05. The van der Waals surface area contributed by atoms with Gasteiger partial charge in [-0.15, -0.1) is 0 Å². The van der Waals surface area contributed by atoms with Gasteiger partial charge in [0.25, 0.3) is 0 Å². The van der Waals surface area contributed by atoms with Crippen molar-refractivity contribution in [3.05, 3.63) is 48.2 Å². The summed E-state index contributed by atoms with van der Waals surface area (Å²) in [7, 11) is 1.61.